The number of aryl methyl sites for hydroxylation is 1. The van der Waals surface area contributed by atoms with Crippen LogP contribution in [-0.4, -0.2) is 30.0 Å². The molecule has 1 fully saturated rings. The first-order valence-corrected chi connectivity index (χ1v) is 14.2. The Morgan fingerprint density at radius 1 is 0.884 bits per heavy atom. The van der Waals surface area contributed by atoms with Gasteiger partial charge in [0.1, 0.15) is 11.3 Å². The fourth-order valence-electron chi connectivity index (χ4n) is 5.56. The Kier molecular flexibility index (Phi) is 8.57. The summed E-state index contributed by atoms with van der Waals surface area (Å²) in [4.78, 5) is 40.0. The Balaban J connectivity index is 1.24. The van der Waals surface area contributed by atoms with E-state index in [0.717, 1.165) is 0 Å². The molecule has 1 aliphatic heterocycles. The van der Waals surface area contributed by atoms with Gasteiger partial charge in [0.05, 0.1) is 12.2 Å². The zero-order valence-electron chi connectivity index (χ0n) is 23.6. The van der Waals surface area contributed by atoms with Crippen molar-refractivity contribution in [3.05, 3.63) is 112 Å². The van der Waals surface area contributed by atoms with Crippen LogP contribution in [0.15, 0.2) is 88.1 Å². The third-order valence-corrected chi connectivity index (χ3v) is 7.58. The maximum Gasteiger partial charge on any atom is 0.417 e. The molecular formula is C33H31F3N2O5. The maximum atomic E-state index is 13.8. The molecule has 3 aromatic carbocycles. The zero-order chi connectivity index (χ0) is 30.6. The van der Waals surface area contributed by atoms with E-state index in [2.05, 4.69) is 5.32 Å². The van der Waals surface area contributed by atoms with Gasteiger partial charge in [0.2, 0.25) is 0 Å². The van der Waals surface area contributed by atoms with Crippen molar-refractivity contribution < 1.29 is 31.9 Å². The molecule has 0 bridgehead atoms. The van der Waals surface area contributed by atoms with Crippen LogP contribution in [0.2, 0.25) is 0 Å². The third kappa shape index (κ3) is 5.86. The summed E-state index contributed by atoms with van der Waals surface area (Å²) in [5.74, 6) is 0.0210. The first-order valence-electron chi connectivity index (χ1n) is 14.2. The molecule has 1 saturated heterocycles. The highest BCUT2D eigenvalue weighted by Crippen LogP contribution is 2.38. The van der Waals surface area contributed by atoms with Gasteiger partial charge in [-0.05, 0) is 48.9 Å². The molecule has 10 heteroatoms. The minimum absolute atomic E-state index is 0.113. The van der Waals surface area contributed by atoms with E-state index in [1.807, 2.05) is 67.6 Å². The van der Waals surface area contributed by atoms with Crippen LogP contribution in [0.4, 0.5) is 18.0 Å². The number of imide groups is 1. The monoisotopic (exact) mass is 592 g/mol. The van der Waals surface area contributed by atoms with Gasteiger partial charge in [-0.1, -0.05) is 74.0 Å². The summed E-state index contributed by atoms with van der Waals surface area (Å²) in [5.41, 5.74) is -1.77. The van der Waals surface area contributed by atoms with Crippen molar-refractivity contribution in [1.82, 2.24) is 10.2 Å². The molecule has 0 saturated carbocycles. The lowest BCUT2D eigenvalue weighted by molar-refractivity contribution is -0.136. The van der Waals surface area contributed by atoms with Crippen LogP contribution in [-0.2, 0) is 22.9 Å². The number of benzene rings is 3. The standard InChI is InChI=1S/C33H31F3N2O5/c1-2-12-25-27(18-17-24-26(33(34,35)36)21-28(39)43-29(24)25)42-20-11-5-10-19-38-30(40)32(37-31(38)41,22-13-6-3-7-14-22)23-15-8-4-9-16-23/h3-4,6-9,13-18,21H,2,5,10-12,19-20H2,1H3,(H,37,41). The second kappa shape index (κ2) is 12.3. The number of hydrogen-bond acceptors (Lipinski definition) is 5. The van der Waals surface area contributed by atoms with Gasteiger partial charge in [-0.15, -0.1) is 0 Å². The highest BCUT2D eigenvalue weighted by Gasteiger charge is 2.53. The van der Waals surface area contributed by atoms with E-state index < -0.39 is 28.9 Å². The zero-order valence-corrected chi connectivity index (χ0v) is 23.6. The van der Waals surface area contributed by atoms with Crippen molar-refractivity contribution in [2.75, 3.05) is 13.2 Å². The average Bonchev–Trinajstić information content (AvgIpc) is 3.25. The molecule has 0 atom stereocenters. The molecular weight excluding hydrogens is 561 g/mol. The van der Waals surface area contributed by atoms with Gasteiger partial charge in [0.25, 0.3) is 5.91 Å². The topological polar surface area (TPSA) is 88.9 Å². The van der Waals surface area contributed by atoms with Crippen LogP contribution in [0.1, 0.15) is 54.9 Å². The van der Waals surface area contributed by atoms with E-state index in [9.17, 15) is 27.6 Å². The molecule has 0 unspecified atom stereocenters. The molecule has 1 aliphatic rings. The Hall–Kier alpha value is -4.60. The van der Waals surface area contributed by atoms with Crippen molar-refractivity contribution in [3.63, 3.8) is 0 Å². The van der Waals surface area contributed by atoms with Crippen molar-refractivity contribution in [1.29, 1.82) is 0 Å². The maximum absolute atomic E-state index is 13.8. The minimum Gasteiger partial charge on any atom is -0.493 e. The van der Waals surface area contributed by atoms with Crippen LogP contribution in [0.5, 0.6) is 5.75 Å². The molecule has 4 aromatic rings. The lowest BCUT2D eigenvalue weighted by atomic mass is 9.82. The number of fused-ring (bicyclic) bond motifs is 1. The van der Waals surface area contributed by atoms with Gasteiger partial charge in [0, 0.05) is 23.6 Å². The van der Waals surface area contributed by atoms with E-state index in [1.54, 1.807) is 0 Å². The second-order valence-electron chi connectivity index (χ2n) is 10.4. The summed E-state index contributed by atoms with van der Waals surface area (Å²) < 4.78 is 51.8. The summed E-state index contributed by atoms with van der Waals surface area (Å²) in [6.45, 7) is 2.34. The van der Waals surface area contributed by atoms with E-state index in [1.165, 1.54) is 17.0 Å². The molecule has 5 rings (SSSR count). The molecule has 7 nitrogen and oxygen atoms in total. The SMILES string of the molecule is CCCc1c(OCCCCCN2C(=O)NC(c3ccccc3)(c3ccccc3)C2=O)ccc2c(C(F)(F)F)cc(=O)oc12. The summed E-state index contributed by atoms with van der Waals surface area (Å²) in [6.07, 6.45) is -1.99. The quantitative estimate of drug-likeness (QED) is 0.117. The van der Waals surface area contributed by atoms with Crippen LogP contribution >= 0.6 is 0 Å². The smallest absolute Gasteiger partial charge is 0.417 e. The van der Waals surface area contributed by atoms with E-state index in [4.69, 9.17) is 9.15 Å². The van der Waals surface area contributed by atoms with Gasteiger partial charge in [0.15, 0.2) is 5.54 Å². The van der Waals surface area contributed by atoms with Crippen LogP contribution in [0, 0.1) is 0 Å². The number of unbranched alkanes of at least 4 members (excludes halogenated alkanes) is 2. The van der Waals surface area contributed by atoms with Gasteiger partial charge >= 0.3 is 17.8 Å². The molecule has 43 heavy (non-hydrogen) atoms. The number of carbonyl (C=O) groups is 2. The molecule has 0 spiro atoms. The Labute approximate surface area is 246 Å². The number of nitrogens with one attached hydrogen (secondary N) is 1. The van der Waals surface area contributed by atoms with Crippen LogP contribution in [0.3, 0.4) is 0 Å². The van der Waals surface area contributed by atoms with Gasteiger partial charge in [-0.2, -0.15) is 13.2 Å². The van der Waals surface area contributed by atoms with Crippen LogP contribution in [0.25, 0.3) is 11.0 Å². The predicted molar refractivity (Wildman–Crippen MR) is 155 cm³/mol. The number of nitrogens with zero attached hydrogens (tertiary/aromatic N) is 1. The Bertz CT molecular complexity index is 1630. The molecule has 0 radical (unpaired) electrons. The van der Waals surface area contributed by atoms with Crippen molar-refractivity contribution in [3.8, 4) is 5.75 Å². The highest BCUT2D eigenvalue weighted by atomic mass is 19.4. The summed E-state index contributed by atoms with van der Waals surface area (Å²) in [7, 11) is 0. The predicted octanol–water partition coefficient (Wildman–Crippen LogP) is 6.81. The minimum atomic E-state index is -4.70. The third-order valence-electron chi connectivity index (χ3n) is 7.58. The number of ether oxygens (including phenoxy) is 1. The van der Waals surface area contributed by atoms with E-state index in [-0.39, 0.29) is 30.0 Å². The largest absolute Gasteiger partial charge is 0.493 e. The normalized spacial score (nSPS) is 14.7. The van der Waals surface area contributed by atoms with Gasteiger partial charge in [-0.25, -0.2) is 9.59 Å². The van der Waals surface area contributed by atoms with Crippen molar-refractivity contribution >= 4 is 22.9 Å². The molecule has 224 valence electrons. The summed E-state index contributed by atoms with van der Waals surface area (Å²) in [6, 6.07) is 21.0. The number of hydrogen-bond donors (Lipinski definition) is 1. The molecule has 2 heterocycles. The molecule has 1 aromatic heterocycles. The average molecular weight is 593 g/mol. The molecule has 1 N–H and O–H groups in total. The summed E-state index contributed by atoms with van der Waals surface area (Å²) >= 11 is 0. The number of amides is 3. The fourth-order valence-corrected chi connectivity index (χ4v) is 5.56. The van der Waals surface area contributed by atoms with Crippen LogP contribution < -0.4 is 15.7 Å². The lowest BCUT2D eigenvalue weighted by Crippen LogP contribution is -2.45. The van der Waals surface area contributed by atoms with E-state index in [0.29, 0.717) is 60.6 Å². The molecule has 3 amide bonds. The van der Waals surface area contributed by atoms with Gasteiger partial charge in [-0.3, -0.25) is 9.69 Å². The number of halogens is 3. The number of alkyl halides is 3. The first kappa shape index (κ1) is 29.9. The number of rotatable bonds is 11. The fraction of sp³-hybridized carbons (Fsp3) is 0.303. The second-order valence-corrected chi connectivity index (χ2v) is 10.4. The van der Waals surface area contributed by atoms with Crippen molar-refractivity contribution in [2.45, 2.75) is 50.7 Å². The van der Waals surface area contributed by atoms with Gasteiger partial charge < -0.3 is 14.5 Å². The summed E-state index contributed by atoms with van der Waals surface area (Å²) in [5, 5.41) is 2.75. The first-order chi connectivity index (χ1) is 20.7. The molecule has 0 aliphatic carbocycles. The highest BCUT2D eigenvalue weighted by molar-refractivity contribution is 6.09. The Morgan fingerprint density at radius 2 is 1.53 bits per heavy atom. The van der Waals surface area contributed by atoms with E-state index >= 15 is 0 Å². The van der Waals surface area contributed by atoms with Crippen molar-refractivity contribution in [2.24, 2.45) is 0 Å². The number of carbonyl (C=O) groups excluding carboxylic acids is 2. The lowest BCUT2D eigenvalue weighted by Gasteiger charge is -2.28. The Morgan fingerprint density at radius 3 is 2.14 bits per heavy atom. The number of urea groups is 1.